The van der Waals surface area contributed by atoms with Crippen LogP contribution in [-0.4, -0.2) is 25.1 Å². The first-order valence-electron chi connectivity index (χ1n) is 11.7. The molecule has 0 amide bonds. The molecular formula is C31H26N10O2. The molecule has 0 atom stereocenters. The predicted molar refractivity (Wildman–Crippen MR) is 168 cm³/mol. The number of fused-ring (bicyclic) bond motifs is 1. The van der Waals surface area contributed by atoms with Gasteiger partial charge in [-0.1, -0.05) is 11.1 Å². The van der Waals surface area contributed by atoms with Crippen LogP contribution in [0.1, 0.15) is 24.1 Å². The van der Waals surface area contributed by atoms with Gasteiger partial charge in [0.25, 0.3) is 0 Å². The number of imidazole rings is 1. The van der Waals surface area contributed by atoms with Crippen molar-refractivity contribution < 1.29 is 10.2 Å². The van der Waals surface area contributed by atoms with E-state index in [4.69, 9.17) is 21.4 Å². The van der Waals surface area contributed by atoms with Crippen LogP contribution < -0.4 is 0 Å². The van der Waals surface area contributed by atoms with Gasteiger partial charge in [-0.05, 0) is 120 Å². The molecule has 212 valence electrons. The maximum absolute atomic E-state index is 8.91. The van der Waals surface area contributed by atoms with Gasteiger partial charge in [-0.2, -0.15) is 5.53 Å². The molecule has 0 saturated carbocycles. The van der Waals surface area contributed by atoms with Gasteiger partial charge in [-0.25, -0.2) is 15.0 Å². The summed E-state index contributed by atoms with van der Waals surface area (Å²) in [6.07, 6.45) is 11.7. The lowest BCUT2D eigenvalue weighted by Crippen LogP contribution is -1.88. The summed E-state index contributed by atoms with van der Waals surface area (Å²) < 4.78 is 5.29. The van der Waals surface area contributed by atoms with Gasteiger partial charge < -0.3 is 9.51 Å². The molecule has 12 nitrogen and oxygen atoms in total. The largest absolute Gasteiger partial charge is 0.361 e. The molecular weight excluding hydrogens is 544 g/mol. The number of hydrogen-bond acceptors (Lipinski definition) is 7. The SMILES string of the molecule is C#CC#CC#CC#CC#CC#CC#CC.Cc1noc(C)c1-c1cc(-c2cncnc2)c2nc[nH]c2c1.N=N/N=N/N=O.[HH].[HH].[HH].[HH]. The molecule has 12 heteroatoms. The number of H-pyrrole nitrogens is 1. The van der Waals surface area contributed by atoms with Crippen molar-refractivity contribution >= 4 is 11.0 Å². The van der Waals surface area contributed by atoms with Gasteiger partial charge in [0.05, 0.1) is 23.1 Å². The van der Waals surface area contributed by atoms with Crippen LogP contribution in [0.4, 0.5) is 0 Å². The van der Waals surface area contributed by atoms with E-state index in [0.29, 0.717) is 0 Å². The van der Waals surface area contributed by atoms with Crippen LogP contribution in [0.2, 0.25) is 0 Å². The highest BCUT2D eigenvalue weighted by molar-refractivity contribution is 5.95. The number of nitrogens with one attached hydrogen (secondary N) is 2. The van der Waals surface area contributed by atoms with Gasteiger partial charge >= 0.3 is 0 Å². The van der Waals surface area contributed by atoms with Gasteiger partial charge in [-0.15, -0.1) is 11.3 Å². The fourth-order valence-corrected chi connectivity index (χ4v) is 3.16. The molecule has 0 aliphatic rings. The Morgan fingerprint density at radius 1 is 0.907 bits per heavy atom. The topological polar surface area (TPSA) is 171 Å². The molecule has 4 aromatic rings. The smallest absolute Gasteiger partial charge is 0.141 e. The van der Waals surface area contributed by atoms with Crippen molar-refractivity contribution in [1.82, 2.24) is 25.1 Å². The normalized spacial score (nSPS) is 8.23. The third-order valence-corrected chi connectivity index (χ3v) is 4.66. The van der Waals surface area contributed by atoms with Crippen LogP contribution >= 0.6 is 0 Å². The van der Waals surface area contributed by atoms with E-state index < -0.39 is 0 Å². The molecule has 0 bridgehead atoms. The fraction of sp³-hybridized carbons (Fsp3) is 0.0968. The van der Waals surface area contributed by atoms with Crippen LogP contribution in [0.5, 0.6) is 0 Å². The highest BCUT2D eigenvalue weighted by atomic mass is 16.5. The summed E-state index contributed by atoms with van der Waals surface area (Å²) in [4.78, 5) is 24.7. The second-order valence-electron chi connectivity index (χ2n) is 7.28. The molecule has 0 radical (unpaired) electrons. The summed E-state index contributed by atoms with van der Waals surface area (Å²) in [5.74, 6) is 32.7. The minimum Gasteiger partial charge on any atom is -0.361 e. The third-order valence-electron chi connectivity index (χ3n) is 4.66. The Bertz CT molecular complexity index is 2040. The molecule has 3 heterocycles. The minimum absolute atomic E-state index is 0. The first kappa shape index (κ1) is 31.9. The Labute approximate surface area is 253 Å². The lowest BCUT2D eigenvalue weighted by molar-refractivity contribution is 0.393. The zero-order valence-corrected chi connectivity index (χ0v) is 22.9. The molecule has 4 rings (SSSR count). The number of terminal acetylenes is 1. The average molecular weight is 571 g/mol. The molecule has 0 saturated heterocycles. The monoisotopic (exact) mass is 570 g/mol. The van der Waals surface area contributed by atoms with Gasteiger partial charge in [0, 0.05) is 40.0 Å². The molecule has 0 aliphatic heterocycles. The molecule has 3 aromatic heterocycles. The number of aromatic amines is 1. The number of aromatic nitrogens is 5. The van der Waals surface area contributed by atoms with Gasteiger partial charge in [-0.3, -0.25) is 0 Å². The maximum atomic E-state index is 8.91. The Balaban J connectivity index is -0.000000686. The zero-order chi connectivity index (χ0) is 31.1. The minimum atomic E-state index is 0. The van der Waals surface area contributed by atoms with Gasteiger partial charge in [0.2, 0.25) is 0 Å². The molecule has 2 N–H and O–H groups in total. The van der Waals surface area contributed by atoms with E-state index in [1.54, 1.807) is 25.6 Å². The molecule has 0 spiro atoms. The van der Waals surface area contributed by atoms with E-state index in [1.165, 1.54) is 6.33 Å². The second-order valence-corrected chi connectivity index (χ2v) is 7.28. The summed E-state index contributed by atoms with van der Waals surface area (Å²) in [7, 11) is 0. The van der Waals surface area contributed by atoms with E-state index in [1.807, 2.05) is 19.1 Å². The molecule has 43 heavy (non-hydrogen) atoms. The lowest BCUT2D eigenvalue weighted by atomic mass is 9.98. The van der Waals surface area contributed by atoms with Gasteiger partial charge in [0.15, 0.2) is 0 Å². The number of benzene rings is 1. The summed E-state index contributed by atoms with van der Waals surface area (Å²) in [5.41, 5.74) is 12.5. The summed E-state index contributed by atoms with van der Waals surface area (Å²) in [6.45, 7) is 5.56. The van der Waals surface area contributed by atoms with Crippen LogP contribution in [0.3, 0.4) is 0 Å². The zero-order valence-electron chi connectivity index (χ0n) is 22.9. The number of nitroso groups, excluding NO2 is 1. The Hall–Kier alpha value is -7.30. The number of aryl methyl sites for hydroxylation is 2. The molecule has 0 aliphatic carbocycles. The Kier molecular flexibility index (Phi) is 14.0. The number of rotatable bonds is 4. The van der Waals surface area contributed by atoms with Gasteiger partial charge in [0.1, 0.15) is 17.4 Å². The highest BCUT2D eigenvalue weighted by Crippen LogP contribution is 2.34. The predicted octanol–water partition coefficient (Wildman–Crippen LogP) is 6.00. The van der Waals surface area contributed by atoms with Crippen LogP contribution in [-0.2, 0) is 0 Å². The lowest BCUT2D eigenvalue weighted by Gasteiger charge is -2.06. The number of hydrogen-bond donors (Lipinski definition) is 2. The molecule has 0 fully saturated rings. The maximum Gasteiger partial charge on any atom is 0.141 e. The fourth-order valence-electron chi connectivity index (χ4n) is 3.16. The highest BCUT2D eigenvalue weighted by Gasteiger charge is 2.16. The van der Waals surface area contributed by atoms with Crippen molar-refractivity contribution in [1.29, 1.82) is 5.53 Å². The van der Waals surface area contributed by atoms with Crippen molar-refractivity contribution in [2.45, 2.75) is 20.8 Å². The van der Waals surface area contributed by atoms with E-state index in [9.17, 15) is 0 Å². The van der Waals surface area contributed by atoms with Crippen molar-refractivity contribution in [2.24, 2.45) is 21.0 Å². The summed E-state index contributed by atoms with van der Waals surface area (Å²) in [6, 6.07) is 4.14. The second kappa shape index (κ2) is 18.9. The van der Waals surface area contributed by atoms with Crippen molar-refractivity contribution in [3.05, 3.63) is 53.5 Å². The van der Waals surface area contributed by atoms with E-state index in [2.05, 4.69) is 130 Å². The van der Waals surface area contributed by atoms with E-state index >= 15 is 0 Å². The van der Waals surface area contributed by atoms with Crippen molar-refractivity contribution in [3.8, 4) is 106 Å². The Morgan fingerprint density at radius 2 is 1.53 bits per heavy atom. The summed E-state index contributed by atoms with van der Waals surface area (Å²) >= 11 is 0. The van der Waals surface area contributed by atoms with Crippen molar-refractivity contribution in [3.63, 3.8) is 0 Å². The average Bonchev–Trinajstić information content (AvgIpc) is 3.65. The summed E-state index contributed by atoms with van der Waals surface area (Å²) in [5, 5.41) is 13.3. The van der Waals surface area contributed by atoms with Crippen LogP contribution in [0.15, 0.2) is 62.7 Å². The molecule has 1 aromatic carbocycles. The van der Waals surface area contributed by atoms with Crippen LogP contribution in [0, 0.1) is 108 Å². The van der Waals surface area contributed by atoms with E-state index in [-0.39, 0.29) is 5.71 Å². The first-order valence-corrected chi connectivity index (χ1v) is 11.7. The number of nitrogens with zero attached hydrogens (tertiary/aromatic N) is 8. The standard InChI is InChI=1S/C16H13N5O.C15H4.HN5O.4H2/c1-9-15(10(2)22-21-9)11-3-13(12-5-17-7-18-6-12)16-14(4-11)19-8-20-16;1-3-5-7-9-11-13-15-14-12-10-8-6-4-2;1-2-3-4-5-6;;;;/h3-8H,1-2H3,(H,19,20);1H,2H3;1H;4*1H/b;;2-1?,4-3+;;;;. The molecule has 0 unspecified atom stereocenters. The third kappa shape index (κ3) is 10.8. The van der Waals surface area contributed by atoms with E-state index in [0.717, 1.165) is 44.7 Å². The van der Waals surface area contributed by atoms with Crippen molar-refractivity contribution in [2.75, 3.05) is 0 Å². The quantitative estimate of drug-likeness (QED) is 0.132. The Morgan fingerprint density at radius 3 is 2.05 bits per heavy atom. The first-order chi connectivity index (χ1) is 21.1. The van der Waals surface area contributed by atoms with Crippen LogP contribution in [0.25, 0.3) is 33.3 Å².